The molecular weight excluding hydrogens is 350 g/mol. The predicted octanol–water partition coefficient (Wildman–Crippen LogP) is 5.25. The molecule has 0 heterocycles. The van der Waals surface area contributed by atoms with Gasteiger partial charge in [-0.15, -0.1) is 0 Å². The van der Waals surface area contributed by atoms with E-state index in [9.17, 15) is 4.79 Å². The van der Waals surface area contributed by atoms with Gasteiger partial charge in [0.2, 0.25) is 0 Å². The molecule has 2 aromatic carbocycles. The molecule has 0 aromatic heterocycles. The average molecular weight is 372 g/mol. The van der Waals surface area contributed by atoms with Gasteiger partial charge in [-0.05, 0) is 55.4 Å². The van der Waals surface area contributed by atoms with Gasteiger partial charge in [0, 0.05) is 23.1 Å². The molecule has 0 saturated heterocycles. The number of rotatable bonds is 3. The largest absolute Gasteiger partial charge is 0.339 e. The first-order chi connectivity index (χ1) is 11.1. The number of benzene rings is 2. The fourth-order valence-electron chi connectivity index (χ4n) is 3.51. The zero-order valence-corrected chi connectivity index (χ0v) is 15.0. The second kappa shape index (κ2) is 7.31. The van der Waals surface area contributed by atoms with E-state index in [1.165, 1.54) is 5.56 Å². The number of hydrogen-bond donors (Lipinski definition) is 0. The van der Waals surface area contributed by atoms with E-state index < -0.39 is 0 Å². The fourth-order valence-corrected chi connectivity index (χ4v) is 3.91. The van der Waals surface area contributed by atoms with Gasteiger partial charge in [-0.1, -0.05) is 52.3 Å². The van der Waals surface area contributed by atoms with Crippen LogP contribution in [0.2, 0.25) is 0 Å². The minimum atomic E-state index is 0.120. The number of amides is 1. The summed E-state index contributed by atoms with van der Waals surface area (Å²) in [7, 11) is 1.94. The first kappa shape index (κ1) is 16.3. The molecule has 2 aromatic rings. The van der Waals surface area contributed by atoms with Crippen LogP contribution in [-0.2, 0) is 0 Å². The Labute approximate surface area is 146 Å². The minimum Gasteiger partial charge on any atom is -0.339 e. The van der Waals surface area contributed by atoms with Crippen LogP contribution in [0.1, 0.15) is 47.5 Å². The molecule has 0 radical (unpaired) electrons. The molecule has 1 saturated carbocycles. The maximum atomic E-state index is 12.7. The quantitative estimate of drug-likeness (QED) is 0.721. The monoisotopic (exact) mass is 371 g/mol. The van der Waals surface area contributed by atoms with Crippen LogP contribution in [0.4, 0.5) is 0 Å². The van der Waals surface area contributed by atoms with Crippen molar-refractivity contribution in [1.82, 2.24) is 4.90 Å². The molecule has 1 fully saturated rings. The molecule has 0 spiro atoms. The lowest BCUT2D eigenvalue weighted by atomic mass is 9.81. The van der Waals surface area contributed by atoms with E-state index in [4.69, 9.17) is 0 Å². The highest BCUT2D eigenvalue weighted by Crippen LogP contribution is 2.34. The van der Waals surface area contributed by atoms with Crippen molar-refractivity contribution in [3.63, 3.8) is 0 Å². The van der Waals surface area contributed by atoms with E-state index in [1.807, 2.05) is 36.2 Å². The highest BCUT2D eigenvalue weighted by Gasteiger charge is 2.27. The molecule has 0 aliphatic heterocycles. The lowest BCUT2D eigenvalue weighted by molar-refractivity contribution is 0.0689. The van der Waals surface area contributed by atoms with Crippen molar-refractivity contribution in [2.45, 2.75) is 37.6 Å². The highest BCUT2D eigenvalue weighted by atomic mass is 79.9. The zero-order chi connectivity index (χ0) is 16.2. The second-order valence-electron chi connectivity index (χ2n) is 6.34. The average Bonchev–Trinajstić information content (AvgIpc) is 2.61. The van der Waals surface area contributed by atoms with Gasteiger partial charge >= 0.3 is 0 Å². The van der Waals surface area contributed by atoms with Gasteiger partial charge in [0.05, 0.1) is 0 Å². The van der Waals surface area contributed by atoms with Gasteiger partial charge in [0.1, 0.15) is 0 Å². The van der Waals surface area contributed by atoms with Gasteiger partial charge in [-0.2, -0.15) is 0 Å². The first-order valence-corrected chi connectivity index (χ1v) is 9.02. The van der Waals surface area contributed by atoms with Gasteiger partial charge in [-0.3, -0.25) is 4.79 Å². The maximum Gasteiger partial charge on any atom is 0.253 e. The van der Waals surface area contributed by atoms with Crippen LogP contribution >= 0.6 is 15.9 Å². The fraction of sp³-hybridized carbons (Fsp3) is 0.350. The molecule has 1 amide bonds. The lowest BCUT2D eigenvalue weighted by Gasteiger charge is -2.35. The summed E-state index contributed by atoms with van der Waals surface area (Å²) in [6.45, 7) is 0. The van der Waals surface area contributed by atoms with Gasteiger partial charge < -0.3 is 4.90 Å². The standard InChI is InChI=1S/C20H22BrNO/c1-22(20(23)17-8-5-9-18(21)14-17)19-12-10-16(11-13-19)15-6-3-2-4-7-15/h2-9,14,16,19H,10-13H2,1H3. The molecule has 0 N–H and O–H groups in total. The lowest BCUT2D eigenvalue weighted by Crippen LogP contribution is -2.39. The third kappa shape index (κ3) is 3.84. The molecule has 23 heavy (non-hydrogen) atoms. The summed E-state index contributed by atoms with van der Waals surface area (Å²) < 4.78 is 0.949. The van der Waals surface area contributed by atoms with Crippen LogP contribution in [0, 0.1) is 0 Å². The Bertz CT molecular complexity index is 662. The molecule has 3 rings (SSSR count). The summed E-state index contributed by atoms with van der Waals surface area (Å²) in [5, 5.41) is 0. The molecule has 2 nitrogen and oxygen atoms in total. The van der Waals surface area contributed by atoms with Gasteiger partial charge in [0.25, 0.3) is 5.91 Å². The van der Waals surface area contributed by atoms with Crippen molar-refractivity contribution >= 4 is 21.8 Å². The summed E-state index contributed by atoms with van der Waals surface area (Å²) >= 11 is 3.44. The highest BCUT2D eigenvalue weighted by molar-refractivity contribution is 9.10. The number of carbonyl (C=O) groups is 1. The van der Waals surface area contributed by atoms with Crippen molar-refractivity contribution < 1.29 is 4.79 Å². The second-order valence-corrected chi connectivity index (χ2v) is 7.26. The number of carbonyl (C=O) groups excluding carboxylic acids is 1. The molecule has 1 aliphatic rings. The molecule has 1 aliphatic carbocycles. The zero-order valence-electron chi connectivity index (χ0n) is 13.4. The van der Waals surface area contributed by atoms with E-state index in [0.717, 1.165) is 35.7 Å². The molecule has 120 valence electrons. The summed E-state index contributed by atoms with van der Waals surface area (Å²) in [5.41, 5.74) is 2.19. The van der Waals surface area contributed by atoms with E-state index in [-0.39, 0.29) is 5.91 Å². The Morgan fingerprint density at radius 3 is 2.35 bits per heavy atom. The van der Waals surface area contributed by atoms with Crippen molar-refractivity contribution in [2.24, 2.45) is 0 Å². The van der Waals surface area contributed by atoms with E-state index in [0.29, 0.717) is 12.0 Å². The van der Waals surface area contributed by atoms with Crippen LogP contribution in [0.3, 0.4) is 0 Å². The van der Waals surface area contributed by atoms with E-state index in [1.54, 1.807) is 0 Å². The number of hydrogen-bond acceptors (Lipinski definition) is 1. The van der Waals surface area contributed by atoms with Crippen LogP contribution in [0.15, 0.2) is 59.1 Å². The van der Waals surface area contributed by atoms with Crippen LogP contribution in [0.5, 0.6) is 0 Å². The predicted molar refractivity (Wildman–Crippen MR) is 97.7 cm³/mol. The SMILES string of the molecule is CN(C(=O)c1cccc(Br)c1)C1CCC(c2ccccc2)CC1. The summed E-state index contributed by atoms with van der Waals surface area (Å²) in [4.78, 5) is 14.6. The Morgan fingerprint density at radius 2 is 1.70 bits per heavy atom. The Hall–Kier alpha value is -1.61. The molecule has 3 heteroatoms. The van der Waals surface area contributed by atoms with Crippen molar-refractivity contribution in [3.05, 3.63) is 70.2 Å². The molecule has 0 unspecified atom stereocenters. The Balaban J connectivity index is 1.62. The topological polar surface area (TPSA) is 20.3 Å². The Morgan fingerprint density at radius 1 is 1.00 bits per heavy atom. The number of halogens is 1. The van der Waals surface area contributed by atoms with Crippen molar-refractivity contribution in [1.29, 1.82) is 0 Å². The minimum absolute atomic E-state index is 0.120. The van der Waals surface area contributed by atoms with Crippen LogP contribution < -0.4 is 0 Å². The third-order valence-electron chi connectivity index (χ3n) is 4.91. The maximum absolute atomic E-state index is 12.7. The van der Waals surface area contributed by atoms with E-state index in [2.05, 4.69) is 46.3 Å². The first-order valence-electron chi connectivity index (χ1n) is 8.23. The normalized spacial score (nSPS) is 21.0. The molecule has 0 bridgehead atoms. The van der Waals surface area contributed by atoms with Crippen LogP contribution in [0.25, 0.3) is 0 Å². The Kier molecular flexibility index (Phi) is 5.16. The summed E-state index contributed by atoms with van der Waals surface area (Å²) in [6, 6.07) is 18.7. The third-order valence-corrected chi connectivity index (χ3v) is 5.40. The molecular formula is C20H22BrNO. The summed E-state index contributed by atoms with van der Waals surface area (Å²) in [5.74, 6) is 0.760. The number of nitrogens with zero attached hydrogens (tertiary/aromatic N) is 1. The van der Waals surface area contributed by atoms with Crippen molar-refractivity contribution in [3.8, 4) is 0 Å². The summed E-state index contributed by atoms with van der Waals surface area (Å²) in [6.07, 6.45) is 4.47. The van der Waals surface area contributed by atoms with Crippen molar-refractivity contribution in [2.75, 3.05) is 7.05 Å². The molecule has 0 atom stereocenters. The van der Waals surface area contributed by atoms with Crippen LogP contribution in [-0.4, -0.2) is 23.9 Å². The van der Waals surface area contributed by atoms with E-state index >= 15 is 0 Å². The van der Waals surface area contributed by atoms with Gasteiger partial charge in [-0.25, -0.2) is 0 Å². The van der Waals surface area contributed by atoms with Gasteiger partial charge in [0.15, 0.2) is 0 Å². The smallest absolute Gasteiger partial charge is 0.253 e.